The number of phenolic OH excluding ortho intramolecular Hbond substituents is 1. The van der Waals surface area contributed by atoms with Crippen molar-refractivity contribution in [2.45, 2.75) is 0 Å². The predicted molar refractivity (Wildman–Crippen MR) is 33.8 cm³/mol. The number of rotatable bonds is 0. The van der Waals surface area contributed by atoms with E-state index >= 15 is 0 Å². The maximum atomic E-state index is 12.0. The van der Waals surface area contributed by atoms with E-state index in [0.29, 0.717) is 0 Å². The molecule has 0 fully saturated rings. The molecule has 5 heteroatoms. The van der Waals surface area contributed by atoms with Crippen LogP contribution in [0.25, 0.3) is 0 Å². The topological polar surface area (TPSA) is 20.2 Å². The summed E-state index contributed by atoms with van der Waals surface area (Å²) in [7, 11) is 0. The summed E-state index contributed by atoms with van der Waals surface area (Å²) in [6.07, 6.45) is 0. The van der Waals surface area contributed by atoms with Crippen LogP contribution in [0.1, 0.15) is 0 Å². The SMILES string of the molecule is Oc1ccc(F)cc1.[Br-].[Br-].[Mg+2]. The molecule has 0 atom stereocenters. The maximum absolute atomic E-state index is 12.0. The van der Waals surface area contributed by atoms with Gasteiger partial charge in [0.2, 0.25) is 0 Å². The van der Waals surface area contributed by atoms with Crippen LogP contribution in [0.2, 0.25) is 0 Å². The summed E-state index contributed by atoms with van der Waals surface area (Å²) in [6, 6.07) is 5.01. The number of hydrogen-bond donors (Lipinski definition) is 1. The van der Waals surface area contributed by atoms with Crippen LogP contribution < -0.4 is 34.0 Å². The molecule has 0 unspecified atom stereocenters. The molecule has 0 saturated carbocycles. The van der Waals surface area contributed by atoms with Crippen molar-refractivity contribution in [1.29, 1.82) is 0 Å². The Labute approximate surface area is 102 Å². The molecule has 11 heavy (non-hydrogen) atoms. The van der Waals surface area contributed by atoms with Gasteiger partial charge in [-0.3, -0.25) is 0 Å². The first kappa shape index (κ1) is 17.7. The normalized spacial score (nSPS) is 6.64. The number of benzene rings is 1. The zero-order valence-electron chi connectivity index (χ0n) is 5.60. The second-order valence-electron chi connectivity index (χ2n) is 1.48. The van der Waals surface area contributed by atoms with Gasteiger partial charge in [-0.15, -0.1) is 0 Å². The smallest absolute Gasteiger partial charge is 1.00 e. The molecular formula is C6H5Br2FMgO. The third-order valence-electron chi connectivity index (χ3n) is 0.827. The van der Waals surface area contributed by atoms with Crippen LogP contribution in [0.3, 0.4) is 0 Å². The van der Waals surface area contributed by atoms with Gasteiger partial charge >= 0.3 is 23.1 Å². The molecule has 0 aliphatic carbocycles. The molecule has 0 heterocycles. The molecule has 0 saturated heterocycles. The van der Waals surface area contributed by atoms with E-state index in [-0.39, 0.29) is 68.6 Å². The molecule has 0 aliphatic heterocycles. The first-order valence-electron chi connectivity index (χ1n) is 2.23. The van der Waals surface area contributed by atoms with Crippen LogP contribution in [-0.4, -0.2) is 28.2 Å². The monoisotopic (exact) mass is 294 g/mol. The molecular weight excluding hydrogens is 291 g/mol. The number of aromatic hydroxyl groups is 1. The van der Waals surface area contributed by atoms with E-state index in [1.165, 1.54) is 24.3 Å². The summed E-state index contributed by atoms with van der Waals surface area (Å²) in [6.45, 7) is 0. The van der Waals surface area contributed by atoms with Gasteiger partial charge in [-0.2, -0.15) is 0 Å². The summed E-state index contributed by atoms with van der Waals surface area (Å²) in [5.74, 6) is -0.241. The summed E-state index contributed by atoms with van der Waals surface area (Å²) < 4.78 is 12.0. The Kier molecular flexibility index (Phi) is 14.1. The van der Waals surface area contributed by atoms with Crippen molar-refractivity contribution in [1.82, 2.24) is 0 Å². The van der Waals surface area contributed by atoms with Crippen molar-refractivity contribution >= 4 is 23.1 Å². The van der Waals surface area contributed by atoms with Gasteiger partial charge < -0.3 is 39.1 Å². The third-order valence-corrected chi connectivity index (χ3v) is 0.827. The Hall–Kier alpha value is 0.676. The standard InChI is InChI=1S/C6H5FO.2BrH.Mg/c7-5-1-3-6(8)4-2-5;;;/h1-4,8H;2*1H;/q;;;+2/p-2. The Morgan fingerprint density at radius 2 is 1.36 bits per heavy atom. The quantitative estimate of drug-likeness (QED) is 0.476. The van der Waals surface area contributed by atoms with Crippen molar-refractivity contribution in [2.24, 2.45) is 0 Å². The summed E-state index contributed by atoms with van der Waals surface area (Å²) in [4.78, 5) is 0. The first-order valence-corrected chi connectivity index (χ1v) is 2.23. The molecule has 0 bridgehead atoms. The number of phenols is 1. The fourth-order valence-corrected chi connectivity index (χ4v) is 0.441. The van der Waals surface area contributed by atoms with E-state index < -0.39 is 0 Å². The summed E-state index contributed by atoms with van der Waals surface area (Å²) in [5.41, 5.74) is 0. The van der Waals surface area contributed by atoms with Crippen LogP contribution >= 0.6 is 0 Å². The number of halogens is 3. The van der Waals surface area contributed by atoms with Gasteiger partial charge in [-0.1, -0.05) is 0 Å². The van der Waals surface area contributed by atoms with Crippen LogP contribution in [0, 0.1) is 5.82 Å². The van der Waals surface area contributed by atoms with E-state index in [4.69, 9.17) is 5.11 Å². The van der Waals surface area contributed by atoms with Gasteiger partial charge in [0.15, 0.2) is 0 Å². The summed E-state index contributed by atoms with van der Waals surface area (Å²) >= 11 is 0. The molecule has 0 amide bonds. The fourth-order valence-electron chi connectivity index (χ4n) is 0.441. The molecule has 1 aromatic carbocycles. The Bertz CT molecular complexity index is 159. The fraction of sp³-hybridized carbons (Fsp3) is 0. The molecule has 0 aliphatic rings. The van der Waals surface area contributed by atoms with Gasteiger partial charge in [0.1, 0.15) is 11.6 Å². The zero-order chi connectivity index (χ0) is 5.98. The van der Waals surface area contributed by atoms with Gasteiger partial charge in [0.25, 0.3) is 0 Å². The molecule has 0 spiro atoms. The minimum atomic E-state index is -0.331. The van der Waals surface area contributed by atoms with E-state index in [0.717, 1.165) is 0 Å². The Morgan fingerprint density at radius 3 is 1.64 bits per heavy atom. The Morgan fingerprint density at radius 1 is 1.00 bits per heavy atom. The van der Waals surface area contributed by atoms with Crippen molar-refractivity contribution in [2.75, 3.05) is 0 Å². The second-order valence-corrected chi connectivity index (χ2v) is 1.48. The van der Waals surface area contributed by atoms with Gasteiger partial charge in [-0.05, 0) is 24.3 Å². The molecule has 0 aromatic heterocycles. The van der Waals surface area contributed by atoms with Gasteiger partial charge in [0, 0.05) is 0 Å². The third kappa shape index (κ3) is 7.05. The molecule has 1 aromatic rings. The average Bonchev–Trinajstić information content (AvgIpc) is 1.77. The van der Waals surface area contributed by atoms with E-state index in [9.17, 15) is 4.39 Å². The van der Waals surface area contributed by atoms with E-state index in [2.05, 4.69) is 0 Å². The van der Waals surface area contributed by atoms with Gasteiger partial charge in [-0.25, -0.2) is 4.39 Å². The number of hydrogen-bond acceptors (Lipinski definition) is 1. The first-order chi connectivity index (χ1) is 3.79. The van der Waals surface area contributed by atoms with E-state index in [1.54, 1.807) is 0 Å². The van der Waals surface area contributed by atoms with Crippen molar-refractivity contribution < 1.29 is 43.5 Å². The zero-order valence-corrected chi connectivity index (χ0v) is 10.2. The largest absolute Gasteiger partial charge is 2.00 e. The predicted octanol–water partition coefficient (Wildman–Crippen LogP) is -4.84. The van der Waals surface area contributed by atoms with Crippen molar-refractivity contribution in [3.8, 4) is 5.75 Å². The molecule has 1 rings (SSSR count). The minimum absolute atomic E-state index is 0. The maximum Gasteiger partial charge on any atom is 2.00 e. The van der Waals surface area contributed by atoms with Crippen LogP contribution in [0.4, 0.5) is 4.39 Å². The molecule has 0 radical (unpaired) electrons. The molecule has 1 N–H and O–H groups in total. The van der Waals surface area contributed by atoms with Crippen LogP contribution in [-0.2, 0) is 0 Å². The molecule has 1 nitrogen and oxygen atoms in total. The van der Waals surface area contributed by atoms with Crippen molar-refractivity contribution in [3.05, 3.63) is 30.1 Å². The van der Waals surface area contributed by atoms with Gasteiger partial charge in [0.05, 0.1) is 0 Å². The Balaban J connectivity index is -0.000000213. The van der Waals surface area contributed by atoms with E-state index in [1.807, 2.05) is 0 Å². The second kappa shape index (κ2) is 8.77. The van der Waals surface area contributed by atoms with Crippen LogP contribution in [0.5, 0.6) is 5.75 Å². The summed E-state index contributed by atoms with van der Waals surface area (Å²) in [5, 5.41) is 8.59. The van der Waals surface area contributed by atoms with Crippen LogP contribution in [0.15, 0.2) is 24.3 Å². The van der Waals surface area contributed by atoms with Crippen molar-refractivity contribution in [3.63, 3.8) is 0 Å². The minimum Gasteiger partial charge on any atom is -1.00 e. The molecule has 58 valence electrons. The average molecular weight is 296 g/mol.